The average molecular weight is 318 g/mol. The van der Waals surface area contributed by atoms with Crippen LogP contribution in [0, 0.1) is 6.92 Å². The molecule has 5 nitrogen and oxygen atoms in total. The molecule has 1 aromatic heterocycles. The summed E-state index contributed by atoms with van der Waals surface area (Å²) >= 11 is 1.30. The van der Waals surface area contributed by atoms with Gasteiger partial charge in [0.25, 0.3) is 0 Å². The Morgan fingerprint density at radius 2 is 1.86 bits per heavy atom. The highest BCUT2D eigenvalue weighted by Crippen LogP contribution is 2.25. The van der Waals surface area contributed by atoms with Crippen LogP contribution in [0.1, 0.15) is 26.3 Å². The fourth-order valence-electron chi connectivity index (χ4n) is 1.60. The van der Waals surface area contributed by atoms with Crippen molar-refractivity contribution in [1.82, 2.24) is 4.98 Å². The van der Waals surface area contributed by atoms with Gasteiger partial charge in [0, 0.05) is 10.9 Å². The summed E-state index contributed by atoms with van der Waals surface area (Å²) in [7, 11) is 0. The van der Waals surface area contributed by atoms with Gasteiger partial charge in [-0.15, -0.1) is 11.3 Å². The van der Waals surface area contributed by atoms with Crippen molar-refractivity contribution in [2.24, 2.45) is 0 Å². The van der Waals surface area contributed by atoms with E-state index in [1.54, 1.807) is 13.8 Å². The minimum Gasteiger partial charge on any atom is -0.435 e. The maximum absolute atomic E-state index is 11.8. The summed E-state index contributed by atoms with van der Waals surface area (Å²) < 4.78 is 5.10. The maximum Gasteiger partial charge on any atom is 0.414 e. The predicted octanol–water partition coefficient (Wildman–Crippen LogP) is 4.03. The van der Waals surface area contributed by atoms with Gasteiger partial charge in [0.2, 0.25) is 0 Å². The molecule has 6 heteroatoms. The van der Waals surface area contributed by atoms with E-state index in [9.17, 15) is 9.59 Å². The van der Waals surface area contributed by atoms with Crippen LogP contribution in [-0.2, 0) is 9.53 Å². The molecule has 0 bridgehead atoms. The Kier molecular flexibility index (Phi) is 4.61. The summed E-state index contributed by atoms with van der Waals surface area (Å²) in [6.07, 6.45) is -0.690. The van der Waals surface area contributed by atoms with Crippen LogP contribution in [0.15, 0.2) is 29.6 Å². The van der Waals surface area contributed by atoms with Crippen molar-refractivity contribution in [1.29, 1.82) is 0 Å². The molecule has 1 heterocycles. The minimum atomic E-state index is -1.15. The quantitative estimate of drug-likeness (QED) is 0.924. The van der Waals surface area contributed by atoms with Gasteiger partial charge in [0.05, 0.1) is 5.69 Å². The topological polar surface area (TPSA) is 68.3 Å². The van der Waals surface area contributed by atoms with Crippen molar-refractivity contribution in [3.8, 4) is 11.3 Å². The number of anilines is 1. The van der Waals surface area contributed by atoms with Gasteiger partial charge >= 0.3 is 6.09 Å². The monoisotopic (exact) mass is 318 g/mol. The second-order valence-corrected chi connectivity index (χ2v) is 6.34. The molecular weight excluding hydrogens is 300 g/mol. The van der Waals surface area contributed by atoms with Crippen LogP contribution in [0.3, 0.4) is 0 Å². The zero-order chi connectivity index (χ0) is 16.3. The molecule has 0 aliphatic heterocycles. The van der Waals surface area contributed by atoms with Crippen LogP contribution in [-0.4, -0.2) is 22.5 Å². The van der Waals surface area contributed by atoms with Crippen molar-refractivity contribution in [2.75, 3.05) is 5.32 Å². The number of aromatic nitrogens is 1. The number of hydrogen-bond donors (Lipinski definition) is 1. The lowest BCUT2D eigenvalue weighted by molar-refractivity contribution is -0.131. The molecule has 0 atom stereocenters. The fourth-order valence-corrected chi connectivity index (χ4v) is 2.31. The zero-order valence-electron chi connectivity index (χ0n) is 13.0. The molecule has 0 aliphatic carbocycles. The van der Waals surface area contributed by atoms with Crippen molar-refractivity contribution < 1.29 is 14.3 Å². The highest BCUT2D eigenvalue weighted by molar-refractivity contribution is 7.14. The summed E-state index contributed by atoms with van der Waals surface area (Å²) in [6, 6.07) is 7.97. The molecule has 0 aliphatic rings. The van der Waals surface area contributed by atoms with E-state index < -0.39 is 11.7 Å². The fraction of sp³-hybridized carbons (Fsp3) is 0.312. The normalized spacial score (nSPS) is 11.1. The van der Waals surface area contributed by atoms with Crippen molar-refractivity contribution in [3.63, 3.8) is 0 Å². The molecule has 1 N–H and O–H groups in total. The number of rotatable bonds is 4. The van der Waals surface area contributed by atoms with E-state index in [1.165, 1.54) is 23.8 Å². The minimum absolute atomic E-state index is 0.220. The number of nitrogens with one attached hydrogen (secondary N) is 1. The number of aryl methyl sites for hydroxylation is 1. The van der Waals surface area contributed by atoms with Crippen LogP contribution in [0.4, 0.5) is 9.93 Å². The summed E-state index contributed by atoms with van der Waals surface area (Å²) in [6.45, 7) is 6.50. The van der Waals surface area contributed by atoms with Gasteiger partial charge in [0.1, 0.15) is 0 Å². The van der Waals surface area contributed by atoms with Crippen molar-refractivity contribution >= 4 is 28.3 Å². The lowest BCUT2D eigenvalue weighted by atomic mass is 10.1. The SMILES string of the molecule is CC(=O)C(C)(C)OC(=O)Nc1nc(-c2ccc(C)cc2)cs1. The largest absolute Gasteiger partial charge is 0.435 e. The Hall–Kier alpha value is -2.21. The average Bonchev–Trinajstić information content (AvgIpc) is 2.87. The first-order chi connectivity index (χ1) is 10.3. The Bertz CT molecular complexity index is 690. The van der Waals surface area contributed by atoms with Crippen molar-refractivity contribution in [3.05, 3.63) is 35.2 Å². The number of ether oxygens (including phenoxy) is 1. The van der Waals surface area contributed by atoms with E-state index >= 15 is 0 Å². The van der Waals surface area contributed by atoms with E-state index in [1.807, 2.05) is 36.6 Å². The summed E-state index contributed by atoms with van der Waals surface area (Å²) in [5.41, 5.74) is 1.78. The zero-order valence-corrected chi connectivity index (χ0v) is 13.8. The van der Waals surface area contributed by atoms with Crippen LogP contribution < -0.4 is 5.32 Å². The lowest BCUT2D eigenvalue weighted by Gasteiger charge is -2.21. The second kappa shape index (κ2) is 6.27. The van der Waals surface area contributed by atoms with Gasteiger partial charge < -0.3 is 4.74 Å². The van der Waals surface area contributed by atoms with E-state index in [2.05, 4.69) is 10.3 Å². The van der Waals surface area contributed by atoms with Crippen LogP contribution in [0.5, 0.6) is 0 Å². The smallest absolute Gasteiger partial charge is 0.414 e. The molecule has 116 valence electrons. The van der Waals surface area contributed by atoms with Gasteiger partial charge in [-0.25, -0.2) is 9.78 Å². The highest BCUT2D eigenvalue weighted by Gasteiger charge is 2.28. The number of hydrogen-bond acceptors (Lipinski definition) is 5. The molecule has 2 aromatic rings. The molecule has 0 spiro atoms. The number of amides is 1. The molecule has 0 radical (unpaired) electrons. The molecule has 0 saturated carbocycles. The van der Waals surface area contributed by atoms with Crippen LogP contribution >= 0.6 is 11.3 Å². The Morgan fingerprint density at radius 3 is 2.45 bits per heavy atom. The lowest BCUT2D eigenvalue weighted by Crippen LogP contribution is -2.37. The number of carbonyl (C=O) groups is 2. The van der Waals surface area contributed by atoms with E-state index in [0.717, 1.165) is 11.3 Å². The first kappa shape index (κ1) is 16.2. The molecule has 2 rings (SSSR count). The standard InChI is InChI=1S/C16H18N2O3S/c1-10-5-7-12(8-6-10)13-9-22-14(17-13)18-15(20)21-16(3,4)11(2)19/h5-9H,1-4H3,(H,17,18,20). The molecule has 1 amide bonds. The Morgan fingerprint density at radius 1 is 1.23 bits per heavy atom. The van der Waals surface area contributed by atoms with E-state index in [-0.39, 0.29) is 5.78 Å². The third kappa shape index (κ3) is 3.92. The number of nitrogens with zero attached hydrogens (tertiary/aromatic N) is 1. The Labute approximate surface area is 133 Å². The third-order valence-corrected chi connectivity index (χ3v) is 4.01. The number of ketones is 1. The number of benzene rings is 1. The molecule has 0 unspecified atom stereocenters. The van der Waals surface area contributed by atoms with Gasteiger partial charge in [-0.05, 0) is 27.7 Å². The third-order valence-electron chi connectivity index (χ3n) is 3.26. The first-order valence-corrected chi connectivity index (χ1v) is 7.69. The van der Waals surface area contributed by atoms with Gasteiger partial charge in [0.15, 0.2) is 16.5 Å². The number of Topliss-reactive ketones (excluding diaryl/α,β-unsaturated/α-hetero) is 1. The summed E-state index contributed by atoms with van der Waals surface area (Å²) in [5.74, 6) is -0.220. The van der Waals surface area contributed by atoms with E-state index in [0.29, 0.717) is 5.13 Å². The molecule has 0 fully saturated rings. The summed E-state index contributed by atoms with van der Waals surface area (Å²) in [4.78, 5) is 27.5. The maximum atomic E-state index is 11.8. The molecule has 22 heavy (non-hydrogen) atoms. The van der Waals surface area contributed by atoms with Gasteiger partial charge in [-0.1, -0.05) is 29.8 Å². The summed E-state index contributed by atoms with van der Waals surface area (Å²) in [5, 5.41) is 4.84. The van der Waals surface area contributed by atoms with Gasteiger partial charge in [-0.2, -0.15) is 0 Å². The number of thiazole rings is 1. The highest BCUT2D eigenvalue weighted by atomic mass is 32.1. The Balaban J connectivity index is 2.05. The molecule has 0 saturated heterocycles. The van der Waals surface area contributed by atoms with Crippen LogP contribution in [0.25, 0.3) is 11.3 Å². The molecular formula is C16H18N2O3S. The number of carbonyl (C=O) groups excluding carboxylic acids is 2. The van der Waals surface area contributed by atoms with Gasteiger partial charge in [-0.3, -0.25) is 10.1 Å². The first-order valence-electron chi connectivity index (χ1n) is 6.81. The van der Waals surface area contributed by atoms with E-state index in [4.69, 9.17) is 4.74 Å². The van der Waals surface area contributed by atoms with Crippen molar-refractivity contribution in [2.45, 2.75) is 33.3 Å². The van der Waals surface area contributed by atoms with Crippen LogP contribution in [0.2, 0.25) is 0 Å². The predicted molar refractivity (Wildman–Crippen MR) is 87.2 cm³/mol. The second-order valence-electron chi connectivity index (χ2n) is 5.48. The molecule has 1 aromatic carbocycles.